The van der Waals surface area contributed by atoms with Crippen LogP contribution in [0.2, 0.25) is 0 Å². The van der Waals surface area contributed by atoms with Crippen molar-refractivity contribution in [3.8, 4) is 0 Å². The number of thiazole rings is 1. The summed E-state index contributed by atoms with van der Waals surface area (Å²) in [6.07, 6.45) is 0.416. The molecule has 20 heteroatoms. The lowest BCUT2D eigenvalue weighted by molar-refractivity contribution is -0.150. The number of anilines is 1. The van der Waals surface area contributed by atoms with Crippen molar-refractivity contribution in [3.63, 3.8) is 0 Å². The van der Waals surface area contributed by atoms with Crippen LogP contribution in [0.5, 0.6) is 0 Å². The zero-order valence-electron chi connectivity index (χ0n) is 19.9. The van der Waals surface area contributed by atoms with Gasteiger partial charge in [-0.3, -0.25) is 24.1 Å². The number of β-lactam (4-membered cyclic amide) rings is 1. The van der Waals surface area contributed by atoms with E-state index in [1.165, 1.54) is 33.6 Å². The standard InChI is InChI=1S/C19H19N9O8S3/c1-27-19(23-25-26-27)39-5-9-4-37-16-12(15(32)28(16)13(9)17(33)34)22-14(31)11(24-36-3-2-35-8-30)10-6-38-18(21-10)20-7-29/h6-8,12,16H,2-5H2,1H3,(H,22,31)(H,33,34)(H,20,21,29)/t12?,16-/m1/s1. The van der Waals surface area contributed by atoms with Crippen LogP contribution in [0, 0.1) is 0 Å². The molecule has 0 bridgehead atoms. The number of nitrogens with zero attached hydrogens (tertiary/aromatic N) is 7. The van der Waals surface area contributed by atoms with E-state index >= 15 is 0 Å². The minimum Gasteiger partial charge on any atom is -0.477 e. The van der Waals surface area contributed by atoms with E-state index in [0.29, 0.717) is 22.9 Å². The van der Waals surface area contributed by atoms with Gasteiger partial charge < -0.3 is 25.3 Å². The molecule has 3 N–H and O–H groups in total. The number of rotatable bonds is 14. The van der Waals surface area contributed by atoms with E-state index in [4.69, 9.17) is 4.84 Å². The van der Waals surface area contributed by atoms with Gasteiger partial charge in [-0.05, 0) is 16.0 Å². The lowest BCUT2D eigenvalue weighted by Gasteiger charge is -2.49. The smallest absolute Gasteiger partial charge is 0.352 e. The number of hydrogen-bond donors (Lipinski definition) is 3. The number of fused-ring (bicyclic) bond motifs is 1. The van der Waals surface area contributed by atoms with Crippen LogP contribution in [0.25, 0.3) is 0 Å². The number of carboxylic acids is 1. The van der Waals surface area contributed by atoms with Crippen LogP contribution < -0.4 is 10.6 Å². The van der Waals surface area contributed by atoms with E-state index in [-0.39, 0.29) is 47.7 Å². The summed E-state index contributed by atoms with van der Waals surface area (Å²) in [6, 6.07) is -1.04. The van der Waals surface area contributed by atoms with Gasteiger partial charge in [-0.25, -0.2) is 14.5 Å². The molecule has 0 radical (unpaired) electrons. The van der Waals surface area contributed by atoms with Gasteiger partial charge in [0, 0.05) is 23.9 Å². The fraction of sp³-hybridized carbons (Fsp3) is 0.368. The summed E-state index contributed by atoms with van der Waals surface area (Å²) in [5.41, 5.74) is 0.127. The largest absolute Gasteiger partial charge is 0.477 e. The van der Waals surface area contributed by atoms with E-state index < -0.39 is 29.2 Å². The Morgan fingerprint density at radius 1 is 1.36 bits per heavy atom. The molecule has 1 saturated heterocycles. The summed E-state index contributed by atoms with van der Waals surface area (Å²) in [5, 5.41) is 31.2. The lowest BCUT2D eigenvalue weighted by Crippen LogP contribution is -2.71. The number of oxime groups is 1. The van der Waals surface area contributed by atoms with E-state index in [2.05, 4.69) is 41.0 Å². The highest BCUT2D eigenvalue weighted by Gasteiger charge is 2.54. The van der Waals surface area contributed by atoms with Crippen LogP contribution in [0.4, 0.5) is 5.13 Å². The zero-order chi connectivity index (χ0) is 27.9. The van der Waals surface area contributed by atoms with Crippen molar-refractivity contribution in [2.75, 3.05) is 30.0 Å². The number of amides is 3. The number of tetrazole rings is 1. The molecule has 2 aliphatic rings. The molecule has 2 aromatic rings. The second-order valence-electron chi connectivity index (χ2n) is 7.53. The van der Waals surface area contributed by atoms with Crippen molar-refractivity contribution in [1.82, 2.24) is 35.4 Å². The Bertz CT molecular complexity index is 1340. The fourth-order valence-corrected chi connectivity index (χ4v) is 6.44. The zero-order valence-corrected chi connectivity index (χ0v) is 22.3. The van der Waals surface area contributed by atoms with E-state index in [1.807, 2.05) is 0 Å². The summed E-state index contributed by atoms with van der Waals surface area (Å²) in [6.45, 7) is -0.0549. The Labute approximate surface area is 231 Å². The van der Waals surface area contributed by atoms with Crippen LogP contribution in [0.1, 0.15) is 5.69 Å². The summed E-state index contributed by atoms with van der Waals surface area (Å²) in [5.74, 6) is -2.14. The van der Waals surface area contributed by atoms with Gasteiger partial charge in [-0.2, -0.15) is 0 Å². The van der Waals surface area contributed by atoms with Crippen molar-refractivity contribution in [2.24, 2.45) is 12.2 Å². The Balaban J connectivity index is 1.48. The van der Waals surface area contributed by atoms with Crippen LogP contribution in [-0.2, 0) is 40.6 Å². The van der Waals surface area contributed by atoms with Gasteiger partial charge in [-0.1, -0.05) is 16.9 Å². The molecule has 39 heavy (non-hydrogen) atoms. The van der Waals surface area contributed by atoms with Crippen molar-refractivity contribution in [3.05, 3.63) is 22.3 Å². The first-order valence-electron chi connectivity index (χ1n) is 10.8. The molecule has 1 fully saturated rings. The van der Waals surface area contributed by atoms with Crippen LogP contribution >= 0.6 is 34.9 Å². The number of ether oxygens (including phenoxy) is 1. The second kappa shape index (κ2) is 12.7. The predicted octanol–water partition coefficient (Wildman–Crippen LogP) is -1.34. The Kier molecular flexibility index (Phi) is 9.09. The number of carboxylic acid groups (broad SMARTS) is 1. The minimum atomic E-state index is -1.27. The maximum Gasteiger partial charge on any atom is 0.352 e. The molecular formula is C19H19N9O8S3. The van der Waals surface area contributed by atoms with Crippen molar-refractivity contribution < 1.29 is 38.7 Å². The molecule has 3 amide bonds. The maximum absolute atomic E-state index is 13.1. The number of aryl methyl sites for hydroxylation is 1. The molecule has 206 valence electrons. The van der Waals surface area contributed by atoms with Gasteiger partial charge in [0.2, 0.25) is 11.6 Å². The van der Waals surface area contributed by atoms with Gasteiger partial charge in [-0.15, -0.1) is 28.2 Å². The van der Waals surface area contributed by atoms with E-state index in [9.17, 15) is 29.1 Å². The number of aliphatic carboxylic acids is 1. The third-order valence-corrected chi connectivity index (χ3v) is 8.36. The van der Waals surface area contributed by atoms with Gasteiger partial charge >= 0.3 is 5.97 Å². The SMILES string of the molecule is Cn1nnnc1SCC1=C(C(=O)O)N2C(=O)C(NC(=O)C(=NOCCOC=O)c3csc(NC=O)n3)[C@H]2SC1. The molecule has 4 heterocycles. The molecule has 2 atom stereocenters. The average Bonchev–Trinajstić information content (AvgIpc) is 3.56. The molecule has 17 nitrogen and oxygen atoms in total. The van der Waals surface area contributed by atoms with Gasteiger partial charge in [0.15, 0.2) is 17.5 Å². The molecule has 0 spiro atoms. The number of hydrogen-bond acceptors (Lipinski definition) is 15. The Morgan fingerprint density at radius 3 is 2.87 bits per heavy atom. The lowest BCUT2D eigenvalue weighted by atomic mass is 10.0. The highest BCUT2D eigenvalue weighted by molar-refractivity contribution is 8.01. The number of carbonyl (C=O) groups is 5. The summed E-state index contributed by atoms with van der Waals surface area (Å²) < 4.78 is 5.96. The molecule has 4 rings (SSSR count). The van der Waals surface area contributed by atoms with Gasteiger partial charge in [0.1, 0.15) is 29.4 Å². The monoisotopic (exact) mass is 597 g/mol. The first kappa shape index (κ1) is 28.0. The number of aromatic nitrogens is 5. The first-order chi connectivity index (χ1) is 18.8. The topological polar surface area (TPSA) is 220 Å². The molecule has 0 saturated carbocycles. The third kappa shape index (κ3) is 6.17. The molecule has 0 aliphatic carbocycles. The third-order valence-electron chi connectivity index (χ3n) is 5.15. The number of carbonyl (C=O) groups excluding carboxylic acids is 4. The number of thioether (sulfide) groups is 2. The molecule has 1 unspecified atom stereocenters. The highest BCUT2D eigenvalue weighted by Crippen LogP contribution is 2.41. The van der Waals surface area contributed by atoms with Crippen LogP contribution in [0.3, 0.4) is 0 Å². The molecular weight excluding hydrogens is 578 g/mol. The van der Waals surface area contributed by atoms with E-state index in [1.54, 1.807) is 7.05 Å². The van der Waals surface area contributed by atoms with Gasteiger partial charge in [0.05, 0.1) is 0 Å². The average molecular weight is 598 g/mol. The highest BCUT2D eigenvalue weighted by atomic mass is 32.2. The van der Waals surface area contributed by atoms with E-state index in [0.717, 1.165) is 16.2 Å². The normalized spacial score (nSPS) is 18.6. The molecule has 2 aliphatic heterocycles. The quantitative estimate of drug-likeness (QED) is 0.0573. The van der Waals surface area contributed by atoms with Crippen molar-refractivity contribution in [1.29, 1.82) is 0 Å². The van der Waals surface area contributed by atoms with Crippen molar-refractivity contribution in [2.45, 2.75) is 16.6 Å². The summed E-state index contributed by atoms with van der Waals surface area (Å²) in [4.78, 5) is 69.5. The maximum atomic E-state index is 13.1. The van der Waals surface area contributed by atoms with Crippen LogP contribution in [0.15, 0.2) is 27.0 Å². The van der Waals surface area contributed by atoms with Gasteiger partial charge in [0.25, 0.3) is 18.3 Å². The van der Waals surface area contributed by atoms with Crippen LogP contribution in [-0.4, -0.2) is 108 Å². The molecule has 0 aromatic carbocycles. The molecule has 2 aromatic heterocycles. The fourth-order valence-electron chi connectivity index (χ4n) is 3.45. The second-order valence-corrected chi connectivity index (χ2v) is 10.4. The Morgan fingerprint density at radius 2 is 2.18 bits per heavy atom. The Hall–Kier alpha value is -4.04. The van der Waals surface area contributed by atoms with Crippen molar-refractivity contribution >= 4 is 76.4 Å². The summed E-state index contributed by atoms with van der Waals surface area (Å²) >= 11 is 3.56. The summed E-state index contributed by atoms with van der Waals surface area (Å²) in [7, 11) is 1.65. The number of nitrogens with one attached hydrogen (secondary N) is 2. The predicted molar refractivity (Wildman–Crippen MR) is 136 cm³/mol. The first-order valence-corrected chi connectivity index (χ1v) is 13.7. The minimum absolute atomic E-state index is 0.0572.